The second-order valence-electron chi connectivity index (χ2n) is 31.0. The topological polar surface area (TPSA) is 79.7 Å². The second-order valence-corrected chi connectivity index (χ2v) is 31.0. The molecule has 0 aliphatic heterocycles. The molecule has 4 N–H and O–H groups in total. The fourth-order valence-corrected chi connectivity index (χ4v) is 21.9. The lowest BCUT2D eigenvalue weighted by Crippen LogP contribution is -2.61. The van der Waals surface area contributed by atoms with Crippen molar-refractivity contribution in [1.29, 1.82) is 0 Å². The molecule has 0 aromatic heterocycles. The Labute approximate surface area is 461 Å². The van der Waals surface area contributed by atoms with Crippen LogP contribution >= 0.6 is 0 Å². The summed E-state index contributed by atoms with van der Waals surface area (Å²) in [6.45, 7) is 31.0. The van der Waals surface area contributed by atoms with Crippen LogP contribution in [-0.2, 0) is 20.3 Å². The number of fused-ring (bicyclic) bond motifs is 10. The molecule has 0 radical (unpaired) electrons. The lowest BCUT2D eigenvalue weighted by Gasteiger charge is -2.65. The van der Waals surface area contributed by atoms with E-state index in [9.17, 15) is 8.78 Å². The molecule has 9 rings (SSSR count). The highest BCUT2D eigenvalue weighted by Gasteiger charge is 2.66. The lowest BCUT2D eigenvalue weighted by atomic mass is 9.40. The van der Waals surface area contributed by atoms with Crippen LogP contribution < -0.4 is 11.5 Å². The fraction of sp³-hybridized carbons (Fsp3) is 0.910. The van der Waals surface area contributed by atoms with Gasteiger partial charge in [-0.05, 0) is 231 Å². The van der Waals surface area contributed by atoms with E-state index in [1.54, 1.807) is 0 Å². The first-order chi connectivity index (χ1) is 35.5. The first-order valence-corrected chi connectivity index (χ1v) is 31.7. The zero-order valence-corrected chi connectivity index (χ0v) is 50.7. The van der Waals surface area contributed by atoms with E-state index in [4.69, 9.17) is 20.9 Å². The van der Waals surface area contributed by atoms with Gasteiger partial charge in [-0.3, -0.25) is 4.74 Å². The van der Waals surface area contributed by atoms with Crippen LogP contribution in [0.3, 0.4) is 0 Å². The maximum absolute atomic E-state index is 15.5. The smallest absolute Gasteiger partial charge is 0.383 e. The molecule has 8 aliphatic rings. The van der Waals surface area contributed by atoms with Crippen LogP contribution in [0.5, 0.6) is 0 Å². The summed E-state index contributed by atoms with van der Waals surface area (Å²) in [5, 5.41) is 0. The number of benzene rings is 1. The number of ether oxygens (including phenoxy) is 3. The summed E-state index contributed by atoms with van der Waals surface area (Å²) >= 11 is 0. The van der Waals surface area contributed by atoms with Gasteiger partial charge in [0.25, 0.3) is 0 Å². The third kappa shape index (κ3) is 11.5. The summed E-state index contributed by atoms with van der Waals surface area (Å²) in [5.74, 6) is 10.5. The van der Waals surface area contributed by atoms with Crippen molar-refractivity contribution in [3.05, 3.63) is 23.8 Å². The summed E-state index contributed by atoms with van der Waals surface area (Å²) in [5.41, 5.74) is 13.0. The Balaban J connectivity index is 0.000000204. The van der Waals surface area contributed by atoms with Gasteiger partial charge in [0.2, 0.25) is 0 Å². The van der Waals surface area contributed by atoms with E-state index < -0.39 is 18.8 Å². The molecule has 8 aliphatic carbocycles. The van der Waals surface area contributed by atoms with Gasteiger partial charge >= 0.3 is 12.7 Å². The molecule has 436 valence electrons. The van der Waals surface area contributed by atoms with Crippen molar-refractivity contribution in [1.82, 2.24) is 0 Å². The number of nitrogen functional groups attached to an aromatic ring is 2. The van der Waals surface area contributed by atoms with E-state index >= 15 is 8.78 Å². The van der Waals surface area contributed by atoms with Crippen LogP contribution in [0.25, 0.3) is 0 Å². The van der Waals surface area contributed by atoms with Gasteiger partial charge in [-0.15, -0.1) is 0 Å². The van der Waals surface area contributed by atoms with Crippen LogP contribution in [-0.4, -0.2) is 25.6 Å². The van der Waals surface area contributed by atoms with Crippen LogP contribution in [0.15, 0.2) is 18.2 Å². The Morgan fingerprint density at radius 1 is 0.539 bits per heavy atom. The molecular weight excluding hydrogens is 957 g/mol. The number of rotatable bonds is 17. The average molecular weight is 1070 g/mol. The van der Waals surface area contributed by atoms with Crippen LogP contribution in [0.1, 0.15) is 244 Å². The first-order valence-electron chi connectivity index (χ1n) is 31.7. The van der Waals surface area contributed by atoms with Crippen molar-refractivity contribution in [3.63, 3.8) is 0 Å². The number of anilines is 2. The maximum Gasteiger partial charge on any atom is 0.383 e. The molecule has 18 atom stereocenters. The van der Waals surface area contributed by atoms with E-state index in [1.807, 2.05) is 0 Å². The molecule has 9 heteroatoms. The molecule has 1 aromatic carbocycles. The van der Waals surface area contributed by atoms with Gasteiger partial charge < -0.3 is 20.9 Å². The van der Waals surface area contributed by atoms with Crippen LogP contribution in [0.2, 0.25) is 0 Å². The highest BCUT2D eigenvalue weighted by Crippen LogP contribution is 2.73. The molecule has 8 saturated carbocycles. The van der Waals surface area contributed by atoms with Crippen molar-refractivity contribution < 1.29 is 31.8 Å². The van der Waals surface area contributed by atoms with E-state index in [0.29, 0.717) is 40.9 Å². The summed E-state index contributed by atoms with van der Waals surface area (Å²) in [6, 6.07) is 4.09. The van der Waals surface area contributed by atoms with Gasteiger partial charge in [0, 0.05) is 16.8 Å². The second kappa shape index (κ2) is 23.0. The predicted molar refractivity (Wildman–Crippen MR) is 305 cm³/mol. The molecule has 0 amide bonds. The Kier molecular flexibility index (Phi) is 18.3. The lowest BCUT2D eigenvalue weighted by molar-refractivity contribution is -0.312. The largest absolute Gasteiger partial charge is 0.399 e. The van der Waals surface area contributed by atoms with Gasteiger partial charge in [0.1, 0.15) is 0 Å². The molecule has 5 nitrogen and oxygen atoms in total. The molecule has 0 saturated heterocycles. The summed E-state index contributed by atoms with van der Waals surface area (Å²) in [4.78, 5) is 0. The highest BCUT2D eigenvalue weighted by molar-refractivity contribution is 5.55. The molecular formula is C67H112F4N2O3. The molecule has 4 unspecified atom stereocenters. The van der Waals surface area contributed by atoms with Gasteiger partial charge in [-0.2, -0.15) is 17.6 Å². The van der Waals surface area contributed by atoms with Crippen LogP contribution in [0, 0.1) is 115 Å². The fourth-order valence-electron chi connectivity index (χ4n) is 21.9. The third-order valence-corrected chi connectivity index (χ3v) is 25.5. The minimum atomic E-state index is -3.42. The number of hydrogen-bond donors (Lipinski definition) is 2. The molecule has 8 fully saturated rings. The van der Waals surface area contributed by atoms with Crippen molar-refractivity contribution in [2.45, 2.75) is 263 Å². The van der Waals surface area contributed by atoms with Crippen molar-refractivity contribution in [2.24, 2.45) is 115 Å². The third-order valence-electron chi connectivity index (χ3n) is 25.5. The standard InChI is InChI=1S/C36H58F2N2O.C31H54F2O2/c1-22(2)9-8-10-23(3)28-12-13-29-27-11-14-31-33(4,5)32(16-18-35(31,7)30(27)15-17-34(28,29)6)41-36(37,38)24-19-25(39)21-26(40)20-24;1-20(2)9-8-10-21(3)23-12-13-24-22-11-14-26-29(4,5)17-16-27(34-19-35-28(32)33)31(26,7)25(22)15-18-30(23,24)6/h19-23,27-32H,8-18,39-40H2,1-7H3;20-28H,8-19H2,1-7H3/t23-,27+,28-,29+,30+,31?,32?,34-,35-;21-,22+,23-,24+,25+,26?,27?,30-,31-/m11/s1. The van der Waals surface area contributed by atoms with E-state index in [2.05, 4.69) is 102 Å². The normalized spacial score (nSPS) is 41.2. The molecule has 76 heavy (non-hydrogen) atoms. The van der Waals surface area contributed by atoms with Gasteiger partial charge in [0.15, 0.2) is 6.79 Å². The quantitative estimate of drug-likeness (QED) is 0.0923. The Bertz CT molecular complexity index is 2060. The molecule has 0 heterocycles. The number of hydrogen-bond acceptors (Lipinski definition) is 5. The van der Waals surface area contributed by atoms with Crippen molar-refractivity contribution in [3.8, 4) is 0 Å². The predicted octanol–water partition coefficient (Wildman–Crippen LogP) is 19.4. The monoisotopic (exact) mass is 1070 g/mol. The Morgan fingerprint density at radius 2 is 1.01 bits per heavy atom. The molecule has 0 spiro atoms. The number of nitrogens with two attached hydrogens (primary N) is 2. The minimum absolute atomic E-state index is 0.0311. The summed E-state index contributed by atoms with van der Waals surface area (Å²) < 4.78 is 72.9. The molecule has 1 aromatic rings. The van der Waals surface area contributed by atoms with Gasteiger partial charge in [-0.1, -0.05) is 135 Å². The van der Waals surface area contributed by atoms with Gasteiger partial charge in [-0.25, -0.2) is 0 Å². The zero-order chi connectivity index (χ0) is 55.6. The minimum Gasteiger partial charge on any atom is -0.399 e. The van der Waals surface area contributed by atoms with E-state index in [0.717, 1.165) is 84.9 Å². The molecule has 0 bridgehead atoms. The number of alkyl halides is 4. The van der Waals surface area contributed by atoms with E-state index in [1.165, 1.54) is 127 Å². The maximum atomic E-state index is 15.5. The Morgan fingerprint density at radius 3 is 1.54 bits per heavy atom. The SMILES string of the molecule is CC(C)CCC[C@@H](C)[C@H]1CC[C@H]2[C@@H]3CCC4C(C)(C)C(OC(F)(F)c5cc(N)cc(N)c5)CC[C@]4(C)[C@H]3CC[C@]12C.CC(C)CCC[C@@H](C)[C@H]1CC[C@H]2[C@@H]3CCC4C(C)(C)CCC(OCOC(F)F)[C@]4(C)[C@H]3CC[C@]12C. The summed E-state index contributed by atoms with van der Waals surface area (Å²) in [7, 11) is 0. The van der Waals surface area contributed by atoms with Crippen molar-refractivity contribution in [2.75, 3.05) is 18.3 Å². The summed E-state index contributed by atoms with van der Waals surface area (Å²) in [6.07, 6.45) is 23.9. The van der Waals surface area contributed by atoms with Gasteiger partial charge in [0.05, 0.1) is 17.8 Å². The average Bonchev–Trinajstić information content (AvgIpc) is 3.87. The highest BCUT2D eigenvalue weighted by atomic mass is 19.3. The number of halogens is 4. The first kappa shape index (κ1) is 60.5. The van der Waals surface area contributed by atoms with Crippen molar-refractivity contribution >= 4 is 11.4 Å². The Hall–Kier alpha value is -1.58. The zero-order valence-electron chi connectivity index (χ0n) is 50.7. The van der Waals surface area contributed by atoms with E-state index in [-0.39, 0.29) is 51.5 Å². The van der Waals surface area contributed by atoms with Crippen LogP contribution in [0.4, 0.5) is 28.9 Å².